The van der Waals surface area contributed by atoms with Crippen molar-refractivity contribution >= 4 is 108 Å². The number of primary amides is 2. The number of amides is 14. The Bertz CT molecular complexity index is 5220. The molecular weight excluding hydrogens is 1530 g/mol. The van der Waals surface area contributed by atoms with Gasteiger partial charge < -0.3 is 51.9 Å². The molecule has 16 rings (SSSR count). The number of rotatable bonds is 15. The quantitative estimate of drug-likeness (QED) is 0.0726. The Morgan fingerprint density at radius 3 is 1.32 bits per heavy atom. The number of nitrogens with two attached hydrogens (primary N) is 2. The van der Waals surface area contributed by atoms with Gasteiger partial charge in [0.1, 0.15) is 40.9 Å². The molecule has 604 valence electrons. The van der Waals surface area contributed by atoms with Crippen LogP contribution in [0.4, 0.5) is 31.3 Å². The summed E-state index contributed by atoms with van der Waals surface area (Å²) in [5.74, 6) is -5.42. The maximum absolute atomic E-state index is 13.5. The number of halogens is 1. The molecule has 8 saturated heterocycles. The summed E-state index contributed by atoms with van der Waals surface area (Å²) in [7, 11) is -6.66. The second-order valence-electron chi connectivity index (χ2n) is 31.2. The molecule has 37 heteroatoms. The molecule has 4 unspecified atom stereocenters. The molecule has 0 saturated carbocycles. The summed E-state index contributed by atoms with van der Waals surface area (Å²) in [6.07, 6.45) is 13.3. The fourth-order valence-corrected chi connectivity index (χ4v) is 17.9. The van der Waals surface area contributed by atoms with E-state index in [-0.39, 0.29) is 112 Å². The summed E-state index contributed by atoms with van der Waals surface area (Å²) >= 11 is 0. The Morgan fingerprint density at radius 1 is 0.513 bits per heavy atom. The number of hydrogen-bond donors (Lipinski definition) is 7. The van der Waals surface area contributed by atoms with Gasteiger partial charge in [0.05, 0.1) is 55.8 Å². The lowest BCUT2D eigenvalue weighted by atomic mass is 9.71. The van der Waals surface area contributed by atoms with Crippen LogP contribution in [0.15, 0.2) is 107 Å². The van der Waals surface area contributed by atoms with Crippen LogP contribution in [0.1, 0.15) is 162 Å². The van der Waals surface area contributed by atoms with Crippen LogP contribution in [0.25, 0.3) is 0 Å². The molecule has 34 nitrogen and oxygen atoms in total. The van der Waals surface area contributed by atoms with Crippen molar-refractivity contribution in [3.8, 4) is 0 Å². The number of carbonyl (C=O) groups is 12. The van der Waals surface area contributed by atoms with Crippen molar-refractivity contribution in [3.63, 3.8) is 0 Å². The van der Waals surface area contributed by atoms with Crippen LogP contribution in [0.2, 0.25) is 0 Å². The molecule has 10 aliphatic heterocycles. The fraction of sp³-hybridized carbons (Fsp3) is 0.436. The van der Waals surface area contributed by atoms with E-state index >= 15 is 0 Å². The largest absolute Gasteiger partial charge is 0.370 e. The Labute approximate surface area is 660 Å². The zero-order valence-corrected chi connectivity index (χ0v) is 64.9. The highest BCUT2D eigenvalue weighted by molar-refractivity contribution is 7.91. The van der Waals surface area contributed by atoms with Gasteiger partial charge >= 0.3 is 12.1 Å². The number of benzene rings is 4. The number of likely N-dealkylation sites (tertiary alicyclic amines) is 2. The van der Waals surface area contributed by atoms with Crippen molar-refractivity contribution in [2.45, 2.75) is 124 Å². The zero-order valence-electron chi connectivity index (χ0n) is 63.2. The van der Waals surface area contributed by atoms with Gasteiger partial charge in [-0.3, -0.25) is 68.4 Å². The third kappa shape index (κ3) is 17.2. The summed E-state index contributed by atoms with van der Waals surface area (Å²) in [4.78, 5) is 179. The highest BCUT2D eigenvalue weighted by Gasteiger charge is 2.50. The lowest BCUT2D eigenvalue weighted by molar-refractivity contribution is -0.137. The van der Waals surface area contributed by atoms with E-state index in [1.807, 2.05) is 20.8 Å². The molecule has 14 amide bonds. The zero-order chi connectivity index (χ0) is 81.6. The van der Waals surface area contributed by atoms with Gasteiger partial charge in [-0.2, -0.15) is 0 Å². The number of aromatic nitrogens is 4. The summed E-state index contributed by atoms with van der Waals surface area (Å²) in [5, 5.41) is 14.1. The molecule has 12 heterocycles. The first kappa shape index (κ1) is 79.9. The molecule has 10 aliphatic rings. The van der Waals surface area contributed by atoms with Crippen LogP contribution in [0.5, 0.6) is 0 Å². The van der Waals surface area contributed by atoms with E-state index < -0.39 is 96.6 Å². The van der Waals surface area contributed by atoms with E-state index in [1.54, 1.807) is 42.6 Å². The Kier molecular flexibility index (Phi) is 22.4. The number of urea groups is 2. The van der Waals surface area contributed by atoms with Gasteiger partial charge in [0.25, 0.3) is 35.4 Å². The number of nitrogens with zero attached hydrogens (tertiary/aromatic N) is 11. The summed E-state index contributed by atoms with van der Waals surface area (Å²) in [6.45, 7) is 8.96. The lowest BCUT2D eigenvalue weighted by Gasteiger charge is -2.55. The maximum atomic E-state index is 13.5. The van der Waals surface area contributed by atoms with Gasteiger partial charge in [0.15, 0.2) is 19.7 Å². The molecule has 0 bridgehead atoms. The van der Waals surface area contributed by atoms with Gasteiger partial charge in [-0.15, -0.1) is 0 Å². The average molecular weight is 1620 g/mol. The third-order valence-corrected chi connectivity index (χ3v) is 25.4. The molecule has 4 aromatic carbocycles. The molecule has 2 aromatic heterocycles. The van der Waals surface area contributed by atoms with Gasteiger partial charge in [-0.25, -0.2) is 50.8 Å². The van der Waals surface area contributed by atoms with Crippen molar-refractivity contribution in [3.05, 3.63) is 159 Å². The van der Waals surface area contributed by atoms with E-state index in [1.165, 1.54) is 36.5 Å². The van der Waals surface area contributed by atoms with Crippen molar-refractivity contribution < 1.29 is 78.8 Å². The maximum Gasteiger partial charge on any atom is 0.317 e. The predicted molar refractivity (Wildman–Crippen MR) is 411 cm³/mol. The highest BCUT2D eigenvalue weighted by atomic mass is 32.2. The van der Waals surface area contributed by atoms with E-state index in [0.717, 1.165) is 148 Å². The second-order valence-corrected chi connectivity index (χ2v) is 35.2. The van der Waals surface area contributed by atoms with Gasteiger partial charge in [0, 0.05) is 140 Å². The molecule has 0 radical (unpaired) electrons. The number of nitrogens with one attached hydrogen (secondary N) is 5. The number of fused-ring (bicyclic) bond motifs is 2. The first-order valence-electron chi connectivity index (χ1n) is 38.1. The van der Waals surface area contributed by atoms with E-state index in [9.17, 15) is 78.8 Å². The fourth-order valence-electron chi connectivity index (χ4n) is 16.6. The number of carbonyl (C=O) groups excluding carboxylic acids is 12. The van der Waals surface area contributed by atoms with Crippen LogP contribution >= 0.6 is 0 Å². The molecule has 9 N–H and O–H groups in total. The molecule has 2 spiro atoms. The van der Waals surface area contributed by atoms with Gasteiger partial charge in [0.2, 0.25) is 23.6 Å². The van der Waals surface area contributed by atoms with E-state index in [4.69, 9.17) is 21.4 Å². The second kappa shape index (κ2) is 32.3. The minimum atomic E-state index is -3.36. The van der Waals surface area contributed by atoms with Crippen molar-refractivity contribution in [2.75, 3.05) is 106 Å². The number of imide groups is 4. The standard InChI is InChI=1S/C39H43N9O8S.C26H35N7O4S.C13H9FN2O4/c1-57(55,56)26-7-4-23(5-8-26)17-29-33(34(40)50)41-19-31(43-29)46-14-2-3-24(20-46)42-38(54)45-15-12-39(13-16-45)21-47(22-39)25-6-9-27-28(18-25)37(53)48(36(27)52)30-10-11-32(49)44-35(30)51;1-38(36,37)20-6-4-18(5-7-20)13-21-23(24(27)34)29-14-22(31-21)33-10-2-3-19(15-33)30-25(35)32-11-8-26(9-12-32)16-28-17-26;14-6-1-2-7-8(5-6)13(20)16(12(7)19)9-3-4-10(17)15-11(9)18/h4-9,18-19,24,30H,2-3,10-17,20-22H2,1H3,(H2,40,50)(H,42,54)(H,44,49,51);4-7,14,19,28H,2-3,8-13,15-17H2,1H3,(H2,27,34)(H,30,35);1-2,5,9H,3-4H2,(H,15,17,18). The summed E-state index contributed by atoms with van der Waals surface area (Å²) < 4.78 is 60.5. The van der Waals surface area contributed by atoms with Crippen LogP contribution in [-0.2, 0) is 51.7 Å². The van der Waals surface area contributed by atoms with Crippen molar-refractivity contribution in [1.82, 2.24) is 66.1 Å². The highest BCUT2D eigenvalue weighted by Crippen LogP contribution is 2.44. The Balaban J connectivity index is 0.000000160. The molecule has 8 fully saturated rings. The lowest BCUT2D eigenvalue weighted by Crippen LogP contribution is -2.62. The topological polar surface area (TPSA) is 460 Å². The molecule has 115 heavy (non-hydrogen) atoms. The molecular formula is C78H87FN18O16S2. The minimum absolute atomic E-state index is 0.00706. The predicted octanol–water partition coefficient (Wildman–Crippen LogP) is 2.41. The molecule has 6 aromatic rings. The van der Waals surface area contributed by atoms with Crippen LogP contribution in [0.3, 0.4) is 0 Å². The number of piperidine rings is 6. The molecule has 0 aliphatic carbocycles. The van der Waals surface area contributed by atoms with Gasteiger partial charge in [-0.1, -0.05) is 24.3 Å². The van der Waals surface area contributed by atoms with Crippen LogP contribution in [-0.4, -0.2) is 243 Å². The van der Waals surface area contributed by atoms with E-state index in [2.05, 4.69) is 46.4 Å². The monoisotopic (exact) mass is 1610 g/mol. The van der Waals surface area contributed by atoms with Crippen molar-refractivity contribution in [2.24, 2.45) is 22.3 Å². The van der Waals surface area contributed by atoms with Gasteiger partial charge in [-0.05, 0) is 141 Å². The Morgan fingerprint density at radius 2 is 0.922 bits per heavy atom. The SMILES string of the molecule is CS(=O)(=O)c1ccc(Cc2nc(N3CCCC(NC(=O)N4CCC5(CC4)CN(c4ccc6c(c4)C(=O)N(C4CCC(=O)NC4=O)C6=O)C5)C3)cnc2C(N)=O)cc1.CS(=O)(=O)c1ccc(Cc2nc(N3CCCC(NC(=O)N4CCC5(CC4)CNC5)C3)cnc2C(N)=O)cc1.O=C1CCC(N2C(=O)c3ccc(F)cc3C2=O)C(=O)N1. The van der Waals surface area contributed by atoms with Crippen molar-refractivity contribution in [1.29, 1.82) is 0 Å². The summed E-state index contributed by atoms with van der Waals surface area (Å²) in [5.41, 5.74) is 15.4. The van der Waals surface area contributed by atoms with Crippen LogP contribution < -0.4 is 52.8 Å². The Hall–Kier alpha value is -11.7. The first-order valence-corrected chi connectivity index (χ1v) is 41.9. The van der Waals surface area contributed by atoms with Crippen LogP contribution in [0, 0.1) is 16.6 Å². The third-order valence-electron chi connectivity index (χ3n) is 23.2. The smallest absolute Gasteiger partial charge is 0.317 e. The minimum Gasteiger partial charge on any atom is -0.370 e. The van der Waals surface area contributed by atoms with E-state index in [0.29, 0.717) is 61.2 Å². The number of sulfone groups is 2. The first-order chi connectivity index (χ1) is 54.8. The molecule has 4 atom stereocenters. The summed E-state index contributed by atoms with van der Waals surface area (Å²) in [6, 6.07) is 19.0. The number of hydrogen-bond acceptors (Lipinski definition) is 24. The number of anilines is 3. The average Bonchev–Trinajstić information content (AvgIpc) is 0.804. The normalized spacial score (nSPS) is 21.7.